The maximum atomic E-state index is 5.45. The molecule has 1 aliphatic carbocycles. The Hall–Kier alpha value is -0.760. The average Bonchev–Trinajstić information content (AvgIpc) is 2.81. The lowest BCUT2D eigenvalue weighted by atomic mass is 9.69. The van der Waals surface area contributed by atoms with Crippen LogP contribution in [0.2, 0.25) is 0 Å². The van der Waals surface area contributed by atoms with Gasteiger partial charge >= 0.3 is 0 Å². The third-order valence-electron chi connectivity index (χ3n) is 4.46. The second-order valence-corrected chi connectivity index (χ2v) is 7.21. The van der Waals surface area contributed by atoms with Crippen molar-refractivity contribution < 1.29 is 4.42 Å². The van der Waals surface area contributed by atoms with E-state index in [0.717, 1.165) is 18.1 Å². The molecule has 0 spiro atoms. The van der Waals surface area contributed by atoms with Gasteiger partial charge in [0.2, 0.25) is 0 Å². The zero-order chi connectivity index (χ0) is 13.9. The summed E-state index contributed by atoms with van der Waals surface area (Å²) in [7, 11) is 0. The van der Waals surface area contributed by atoms with Gasteiger partial charge < -0.3 is 9.73 Å². The van der Waals surface area contributed by atoms with E-state index in [0.29, 0.717) is 17.5 Å². The predicted molar refractivity (Wildman–Crippen MR) is 80.2 cm³/mol. The molecule has 0 aromatic carbocycles. The van der Waals surface area contributed by atoms with Crippen molar-refractivity contribution >= 4 is 0 Å². The first-order chi connectivity index (χ1) is 8.97. The van der Waals surface area contributed by atoms with Crippen molar-refractivity contribution in [1.29, 1.82) is 0 Å². The van der Waals surface area contributed by atoms with Crippen LogP contribution in [0.15, 0.2) is 22.8 Å². The zero-order valence-corrected chi connectivity index (χ0v) is 12.9. The van der Waals surface area contributed by atoms with Gasteiger partial charge in [0.1, 0.15) is 5.76 Å². The van der Waals surface area contributed by atoms with Gasteiger partial charge in [-0.25, -0.2) is 0 Å². The summed E-state index contributed by atoms with van der Waals surface area (Å²) >= 11 is 0. The zero-order valence-electron chi connectivity index (χ0n) is 12.9. The highest BCUT2D eigenvalue weighted by molar-refractivity contribution is 5.00. The van der Waals surface area contributed by atoms with Crippen molar-refractivity contribution in [2.45, 2.75) is 71.9 Å². The number of rotatable bonds is 4. The Morgan fingerprint density at radius 3 is 2.68 bits per heavy atom. The average molecular weight is 263 g/mol. The highest BCUT2D eigenvalue weighted by atomic mass is 16.3. The first kappa shape index (κ1) is 14.6. The lowest BCUT2D eigenvalue weighted by Crippen LogP contribution is -2.48. The summed E-state index contributed by atoms with van der Waals surface area (Å²) in [6.07, 6.45) is 8.21. The van der Waals surface area contributed by atoms with Crippen LogP contribution in [-0.4, -0.2) is 12.1 Å². The molecule has 1 aliphatic rings. The SMILES string of the molecule is CC(Cc1ccco1)NC1CCCCC1C(C)(C)C. The first-order valence-corrected chi connectivity index (χ1v) is 7.75. The van der Waals surface area contributed by atoms with Gasteiger partial charge in [0.25, 0.3) is 0 Å². The van der Waals surface area contributed by atoms with E-state index in [9.17, 15) is 0 Å². The van der Waals surface area contributed by atoms with Crippen LogP contribution in [0.3, 0.4) is 0 Å². The van der Waals surface area contributed by atoms with E-state index in [2.05, 4.69) is 39.1 Å². The van der Waals surface area contributed by atoms with Gasteiger partial charge in [-0.1, -0.05) is 33.6 Å². The molecule has 1 aromatic heterocycles. The summed E-state index contributed by atoms with van der Waals surface area (Å²) in [4.78, 5) is 0. The summed E-state index contributed by atoms with van der Waals surface area (Å²) in [5.74, 6) is 1.88. The van der Waals surface area contributed by atoms with E-state index >= 15 is 0 Å². The molecule has 1 fully saturated rings. The molecule has 1 N–H and O–H groups in total. The molecule has 2 rings (SSSR count). The molecule has 3 unspecified atom stereocenters. The molecule has 0 radical (unpaired) electrons. The minimum atomic E-state index is 0.405. The Bertz CT molecular complexity index is 363. The summed E-state index contributed by atoms with van der Waals surface area (Å²) in [6, 6.07) is 5.19. The molecular formula is C17H29NO. The van der Waals surface area contributed by atoms with Crippen LogP contribution in [0.5, 0.6) is 0 Å². The Morgan fingerprint density at radius 1 is 1.32 bits per heavy atom. The second-order valence-electron chi connectivity index (χ2n) is 7.21. The van der Waals surface area contributed by atoms with E-state index in [-0.39, 0.29) is 0 Å². The molecule has 0 saturated heterocycles. The minimum absolute atomic E-state index is 0.405. The van der Waals surface area contributed by atoms with Crippen LogP contribution in [-0.2, 0) is 6.42 Å². The largest absolute Gasteiger partial charge is 0.469 e. The van der Waals surface area contributed by atoms with E-state index in [4.69, 9.17) is 4.42 Å². The van der Waals surface area contributed by atoms with E-state index < -0.39 is 0 Å². The maximum Gasteiger partial charge on any atom is 0.105 e. The van der Waals surface area contributed by atoms with E-state index in [1.807, 2.05) is 6.07 Å². The van der Waals surface area contributed by atoms with Gasteiger partial charge in [0.05, 0.1) is 6.26 Å². The molecule has 0 amide bonds. The summed E-state index contributed by atoms with van der Waals surface area (Å²) in [5, 5.41) is 3.85. The van der Waals surface area contributed by atoms with Crippen molar-refractivity contribution in [2.75, 3.05) is 0 Å². The molecule has 1 heterocycles. The third kappa shape index (κ3) is 4.10. The maximum absolute atomic E-state index is 5.45. The van der Waals surface area contributed by atoms with Gasteiger partial charge in [0, 0.05) is 18.5 Å². The monoisotopic (exact) mass is 263 g/mol. The molecule has 1 aromatic rings. The third-order valence-corrected chi connectivity index (χ3v) is 4.46. The van der Waals surface area contributed by atoms with E-state index in [1.54, 1.807) is 6.26 Å². The van der Waals surface area contributed by atoms with Crippen LogP contribution in [0.1, 0.15) is 59.1 Å². The van der Waals surface area contributed by atoms with Crippen molar-refractivity contribution in [3.8, 4) is 0 Å². The molecule has 1 saturated carbocycles. The van der Waals surface area contributed by atoms with Crippen molar-refractivity contribution in [1.82, 2.24) is 5.32 Å². The highest BCUT2D eigenvalue weighted by Gasteiger charge is 2.34. The summed E-state index contributed by atoms with van der Waals surface area (Å²) < 4.78 is 5.45. The van der Waals surface area contributed by atoms with Crippen LogP contribution >= 0.6 is 0 Å². The quantitative estimate of drug-likeness (QED) is 0.870. The topological polar surface area (TPSA) is 25.2 Å². The van der Waals surface area contributed by atoms with Gasteiger partial charge in [-0.2, -0.15) is 0 Å². The minimum Gasteiger partial charge on any atom is -0.469 e. The van der Waals surface area contributed by atoms with Crippen LogP contribution in [0, 0.1) is 11.3 Å². The van der Waals surface area contributed by atoms with E-state index in [1.165, 1.54) is 25.7 Å². The first-order valence-electron chi connectivity index (χ1n) is 7.75. The smallest absolute Gasteiger partial charge is 0.105 e. The molecule has 2 heteroatoms. The fourth-order valence-corrected chi connectivity index (χ4v) is 3.52. The van der Waals surface area contributed by atoms with Gasteiger partial charge in [0.15, 0.2) is 0 Å². The van der Waals surface area contributed by atoms with Crippen molar-refractivity contribution in [3.63, 3.8) is 0 Å². The molecule has 2 nitrogen and oxygen atoms in total. The Labute approximate surface area is 118 Å². The Morgan fingerprint density at radius 2 is 2.05 bits per heavy atom. The van der Waals surface area contributed by atoms with Gasteiger partial charge in [-0.3, -0.25) is 0 Å². The molecular weight excluding hydrogens is 234 g/mol. The van der Waals surface area contributed by atoms with Crippen LogP contribution in [0.25, 0.3) is 0 Å². The van der Waals surface area contributed by atoms with Crippen molar-refractivity contribution in [3.05, 3.63) is 24.2 Å². The number of furan rings is 1. The standard InChI is InChI=1S/C17H29NO/c1-13(12-14-8-7-11-19-14)18-16-10-6-5-9-15(16)17(2,3)4/h7-8,11,13,15-16,18H,5-6,9-10,12H2,1-4H3. The lowest BCUT2D eigenvalue weighted by Gasteiger charge is -2.42. The number of hydrogen-bond donors (Lipinski definition) is 1. The fourth-order valence-electron chi connectivity index (χ4n) is 3.52. The predicted octanol–water partition coefficient (Wildman–Crippen LogP) is 4.41. The van der Waals surface area contributed by atoms with Gasteiger partial charge in [-0.05, 0) is 43.2 Å². The van der Waals surface area contributed by atoms with Gasteiger partial charge in [-0.15, -0.1) is 0 Å². The molecule has 3 atom stereocenters. The van der Waals surface area contributed by atoms with Crippen LogP contribution in [0.4, 0.5) is 0 Å². The molecule has 19 heavy (non-hydrogen) atoms. The highest BCUT2D eigenvalue weighted by Crippen LogP contribution is 2.38. The molecule has 108 valence electrons. The van der Waals surface area contributed by atoms with Crippen LogP contribution < -0.4 is 5.32 Å². The molecule has 0 aliphatic heterocycles. The number of nitrogens with one attached hydrogen (secondary N) is 1. The molecule has 0 bridgehead atoms. The Balaban J connectivity index is 1.92. The number of hydrogen-bond acceptors (Lipinski definition) is 2. The summed E-state index contributed by atoms with van der Waals surface area (Å²) in [5.41, 5.74) is 0.405. The lowest BCUT2D eigenvalue weighted by molar-refractivity contribution is 0.124. The normalized spacial score (nSPS) is 26.3. The van der Waals surface area contributed by atoms with Crippen molar-refractivity contribution in [2.24, 2.45) is 11.3 Å². The second kappa shape index (κ2) is 6.13. The summed E-state index contributed by atoms with van der Waals surface area (Å²) in [6.45, 7) is 9.43. The Kier molecular flexibility index (Phi) is 4.72. The fraction of sp³-hybridized carbons (Fsp3) is 0.765.